The van der Waals surface area contributed by atoms with E-state index in [9.17, 15) is 10.0 Å². The van der Waals surface area contributed by atoms with E-state index < -0.39 is 0 Å². The molecule has 2 aromatic carbocycles. The molecule has 0 aliphatic carbocycles. The molecule has 1 aliphatic heterocycles. The van der Waals surface area contributed by atoms with Crippen LogP contribution in [0.2, 0.25) is 0 Å². The Balaban J connectivity index is 2.15. The zero-order chi connectivity index (χ0) is 14.3. The summed E-state index contributed by atoms with van der Waals surface area (Å²) in [5, 5.41) is 12.4. The van der Waals surface area contributed by atoms with Crippen LogP contribution in [0.25, 0.3) is 0 Å². The number of fused-ring (bicyclic) bond motifs is 1. The van der Waals surface area contributed by atoms with Crippen molar-refractivity contribution in [3.63, 3.8) is 0 Å². The van der Waals surface area contributed by atoms with Gasteiger partial charge in [-0.05, 0) is 36.4 Å². The summed E-state index contributed by atoms with van der Waals surface area (Å²) in [6, 6.07) is 11.9. The predicted molar refractivity (Wildman–Crippen MR) is 78.9 cm³/mol. The zero-order valence-corrected chi connectivity index (χ0v) is 12.2. The Labute approximate surface area is 124 Å². The lowest BCUT2D eigenvalue weighted by Gasteiger charge is -2.03. The summed E-state index contributed by atoms with van der Waals surface area (Å²) in [5.74, 6) is 0.287. The number of hydrogen-bond acceptors (Lipinski definition) is 3. The van der Waals surface area contributed by atoms with Crippen molar-refractivity contribution < 1.29 is 14.3 Å². The minimum atomic E-state index is -0.264. The van der Waals surface area contributed by atoms with Gasteiger partial charge in [0.15, 0.2) is 0 Å². The number of hydrogen-bond donors (Lipinski definition) is 0. The smallest absolute Gasteiger partial charge is 0.272 e. The van der Waals surface area contributed by atoms with E-state index in [1.807, 2.05) is 0 Å². The lowest BCUT2D eigenvalue weighted by atomic mass is 10.0. The Kier molecular flexibility index (Phi) is 3.06. The zero-order valence-electron chi connectivity index (χ0n) is 10.6. The van der Waals surface area contributed by atoms with Gasteiger partial charge in [-0.3, -0.25) is 4.79 Å². The van der Waals surface area contributed by atoms with Gasteiger partial charge in [0.2, 0.25) is 5.69 Å². The Bertz CT molecular complexity index is 735. The molecule has 100 valence electrons. The molecule has 2 aromatic rings. The van der Waals surface area contributed by atoms with Crippen molar-refractivity contribution in [1.82, 2.24) is 0 Å². The number of carbonyl (C=O) groups excluding carboxylic acids is 1. The van der Waals surface area contributed by atoms with Crippen LogP contribution >= 0.6 is 15.9 Å². The highest BCUT2D eigenvalue weighted by Gasteiger charge is 2.36. The van der Waals surface area contributed by atoms with Crippen LogP contribution < -0.4 is 4.74 Å². The maximum absolute atomic E-state index is 12.4. The number of halogens is 1. The van der Waals surface area contributed by atoms with Gasteiger partial charge in [0.25, 0.3) is 11.5 Å². The SMILES string of the molecule is COc1ccc2c(c1)[N+]([O-])=C(c1ccc(Br)cc1)C2=O. The molecule has 0 saturated heterocycles. The minimum Gasteiger partial charge on any atom is -0.618 e. The first-order valence-electron chi connectivity index (χ1n) is 5.94. The van der Waals surface area contributed by atoms with Crippen LogP contribution in [0.15, 0.2) is 46.9 Å². The molecule has 1 aliphatic rings. The highest BCUT2D eigenvalue weighted by molar-refractivity contribution is 9.10. The third kappa shape index (κ3) is 1.91. The average Bonchev–Trinajstić information content (AvgIpc) is 2.72. The van der Waals surface area contributed by atoms with E-state index in [0.29, 0.717) is 27.3 Å². The maximum atomic E-state index is 12.4. The summed E-state index contributed by atoms with van der Waals surface area (Å²) in [4.78, 5) is 12.4. The van der Waals surface area contributed by atoms with Crippen molar-refractivity contribution in [3.05, 3.63) is 63.3 Å². The maximum Gasteiger partial charge on any atom is 0.272 e. The van der Waals surface area contributed by atoms with Crippen molar-refractivity contribution in [2.45, 2.75) is 0 Å². The number of benzene rings is 2. The molecule has 4 nitrogen and oxygen atoms in total. The molecule has 0 bridgehead atoms. The predicted octanol–water partition coefficient (Wildman–Crippen LogP) is 3.29. The highest BCUT2D eigenvalue weighted by Crippen LogP contribution is 2.31. The Morgan fingerprint density at radius 3 is 2.50 bits per heavy atom. The van der Waals surface area contributed by atoms with Crippen LogP contribution in [0.1, 0.15) is 15.9 Å². The molecule has 0 atom stereocenters. The molecule has 0 saturated carbocycles. The second kappa shape index (κ2) is 4.76. The first-order chi connectivity index (χ1) is 9.61. The number of rotatable bonds is 2. The Hall–Kier alpha value is -2.14. The molecule has 0 unspecified atom stereocenters. The molecule has 0 amide bonds. The molecule has 5 heteroatoms. The third-order valence-electron chi connectivity index (χ3n) is 3.20. The molecule has 1 heterocycles. The number of methoxy groups -OCH3 is 1. The van der Waals surface area contributed by atoms with Crippen molar-refractivity contribution in [2.75, 3.05) is 7.11 Å². The van der Waals surface area contributed by atoms with Crippen LogP contribution in [0.4, 0.5) is 5.69 Å². The fourth-order valence-corrected chi connectivity index (χ4v) is 2.46. The van der Waals surface area contributed by atoms with Gasteiger partial charge >= 0.3 is 0 Å². The molecule has 0 radical (unpaired) electrons. The number of ketones is 1. The van der Waals surface area contributed by atoms with E-state index in [1.54, 1.807) is 42.5 Å². The monoisotopic (exact) mass is 331 g/mol. The standard InChI is InChI=1S/C15H10BrNO3/c1-20-11-6-7-12-13(8-11)17(19)14(15(12)18)9-2-4-10(16)5-3-9/h2-8H,1H3. The average molecular weight is 332 g/mol. The Morgan fingerprint density at radius 2 is 1.85 bits per heavy atom. The van der Waals surface area contributed by atoms with Crippen molar-refractivity contribution in [3.8, 4) is 5.75 Å². The molecular weight excluding hydrogens is 322 g/mol. The molecule has 0 spiro atoms. The molecule has 0 fully saturated rings. The van der Waals surface area contributed by atoms with Crippen molar-refractivity contribution in [1.29, 1.82) is 0 Å². The summed E-state index contributed by atoms with van der Waals surface area (Å²) in [6.07, 6.45) is 0. The Morgan fingerprint density at radius 1 is 1.15 bits per heavy atom. The first-order valence-corrected chi connectivity index (χ1v) is 6.74. The molecular formula is C15H10BrNO3. The third-order valence-corrected chi connectivity index (χ3v) is 3.73. The molecule has 3 rings (SSSR count). The summed E-state index contributed by atoms with van der Waals surface area (Å²) in [7, 11) is 1.52. The van der Waals surface area contributed by atoms with E-state index in [0.717, 1.165) is 4.47 Å². The van der Waals surface area contributed by atoms with Gasteiger partial charge < -0.3 is 9.94 Å². The summed E-state index contributed by atoms with van der Waals surface area (Å²) in [6.45, 7) is 0. The van der Waals surface area contributed by atoms with Gasteiger partial charge in [-0.1, -0.05) is 15.9 Å². The molecule has 0 N–H and O–H groups in total. The summed E-state index contributed by atoms with van der Waals surface area (Å²) < 4.78 is 6.65. The summed E-state index contributed by atoms with van der Waals surface area (Å²) in [5.41, 5.74) is 1.47. The van der Waals surface area contributed by atoms with Gasteiger partial charge in [-0.25, -0.2) is 0 Å². The highest BCUT2D eigenvalue weighted by atomic mass is 79.9. The van der Waals surface area contributed by atoms with Crippen LogP contribution in [-0.4, -0.2) is 23.3 Å². The van der Waals surface area contributed by atoms with Gasteiger partial charge in [0.05, 0.1) is 18.7 Å². The van der Waals surface area contributed by atoms with E-state index in [4.69, 9.17) is 4.74 Å². The molecule has 20 heavy (non-hydrogen) atoms. The second-order valence-electron chi connectivity index (χ2n) is 4.36. The van der Waals surface area contributed by atoms with Gasteiger partial charge in [0, 0.05) is 4.47 Å². The van der Waals surface area contributed by atoms with Gasteiger partial charge in [-0.2, -0.15) is 4.74 Å². The first kappa shape index (κ1) is 12.9. The van der Waals surface area contributed by atoms with Crippen LogP contribution in [-0.2, 0) is 0 Å². The van der Waals surface area contributed by atoms with E-state index in [2.05, 4.69) is 15.9 Å². The van der Waals surface area contributed by atoms with E-state index in [1.165, 1.54) is 7.11 Å². The van der Waals surface area contributed by atoms with Crippen molar-refractivity contribution >= 4 is 33.1 Å². The molecule has 0 aromatic heterocycles. The van der Waals surface area contributed by atoms with E-state index in [-0.39, 0.29) is 11.5 Å². The van der Waals surface area contributed by atoms with Crippen LogP contribution in [0, 0.1) is 5.21 Å². The fourth-order valence-electron chi connectivity index (χ4n) is 2.19. The van der Waals surface area contributed by atoms with Crippen LogP contribution in [0.5, 0.6) is 5.75 Å². The number of ether oxygens (including phenoxy) is 1. The van der Waals surface area contributed by atoms with Gasteiger partial charge in [-0.15, -0.1) is 0 Å². The lowest BCUT2D eigenvalue weighted by molar-refractivity contribution is -0.355. The normalized spacial score (nSPS) is 13.6. The topological polar surface area (TPSA) is 52.4 Å². The summed E-state index contributed by atoms with van der Waals surface area (Å²) >= 11 is 3.33. The fraction of sp³-hybridized carbons (Fsp3) is 0.0667. The number of nitrogens with zero attached hydrogens (tertiary/aromatic N) is 1. The lowest BCUT2D eigenvalue weighted by Crippen LogP contribution is -2.16. The second-order valence-corrected chi connectivity index (χ2v) is 5.28. The number of carbonyl (C=O) groups is 1. The largest absolute Gasteiger partial charge is 0.618 e. The quantitative estimate of drug-likeness (QED) is 0.626. The number of Topliss-reactive ketones (excluding diaryl/α,β-unsaturated/α-hetero) is 1. The minimum absolute atomic E-state index is 0.140. The van der Waals surface area contributed by atoms with E-state index >= 15 is 0 Å². The van der Waals surface area contributed by atoms with Gasteiger partial charge in [0.1, 0.15) is 11.3 Å². The van der Waals surface area contributed by atoms with Crippen LogP contribution in [0.3, 0.4) is 0 Å². The van der Waals surface area contributed by atoms with Crippen molar-refractivity contribution in [2.24, 2.45) is 0 Å².